The molecule has 0 aliphatic rings. The Morgan fingerprint density at radius 1 is 0.500 bits per heavy atom. The Balaban J connectivity index is 2.24. The monoisotopic (exact) mass is 279 g/mol. The van der Waals surface area contributed by atoms with Crippen LogP contribution in [0, 0.1) is 0 Å². The van der Waals surface area contributed by atoms with Crippen molar-refractivity contribution in [3.8, 4) is 0 Å². The maximum Gasteiger partial charge on any atom is 0.0786 e. The molecule has 102 valence electrons. The van der Waals surface area contributed by atoms with E-state index in [0.29, 0.717) is 0 Å². The van der Waals surface area contributed by atoms with Crippen molar-refractivity contribution in [3.05, 3.63) is 79.0 Å². The van der Waals surface area contributed by atoms with Crippen LogP contribution in [0.4, 0.5) is 0 Å². The number of pyridine rings is 1. The summed E-state index contributed by atoms with van der Waals surface area (Å²) >= 11 is 0. The summed E-state index contributed by atoms with van der Waals surface area (Å²) in [6.45, 7) is 0. The molecule has 5 rings (SSSR count). The molecular formula is C21H13N. The van der Waals surface area contributed by atoms with Crippen molar-refractivity contribution in [2.24, 2.45) is 0 Å². The summed E-state index contributed by atoms with van der Waals surface area (Å²) in [5, 5.41) is 8.90. The highest BCUT2D eigenvalue weighted by Gasteiger charge is 2.10. The van der Waals surface area contributed by atoms with E-state index in [1.54, 1.807) is 0 Å². The third-order valence-electron chi connectivity index (χ3n) is 4.48. The van der Waals surface area contributed by atoms with Crippen LogP contribution in [0.15, 0.2) is 79.0 Å². The molecule has 0 saturated heterocycles. The van der Waals surface area contributed by atoms with Crippen LogP contribution in [0.3, 0.4) is 0 Å². The van der Waals surface area contributed by atoms with Crippen LogP contribution in [-0.4, -0.2) is 4.98 Å². The van der Waals surface area contributed by atoms with E-state index in [-0.39, 0.29) is 0 Å². The van der Waals surface area contributed by atoms with Gasteiger partial charge in [-0.25, -0.2) is 0 Å². The largest absolute Gasteiger partial charge is 0.256 e. The van der Waals surface area contributed by atoms with Crippen molar-refractivity contribution < 1.29 is 0 Å². The Morgan fingerprint density at radius 2 is 1.09 bits per heavy atom. The van der Waals surface area contributed by atoms with Crippen molar-refractivity contribution in [2.45, 2.75) is 0 Å². The maximum absolute atomic E-state index is 4.67. The fourth-order valence-corrected chi connectivity index (χ4v) is 3.53. The van der Waals surface area contributed by atoms with Crippen LogP contribution in [0.2, 0.25) is 0 Å². The van der Waals surface area contributed by atoms with E-state index in [1.807, 2.05) is 12.3 Å². The Hall–Kier alpha value is -2.93. The van der Waals surface area contributed by atoms with E-state index in [2.05, 4.69) is 71.7 Å². The standard InChI is InChI=1S/C21H13N/c1-2-9-17-15(7-1)16-8-3-4-10-18(16)20-19(17)12-11-14-6-5-13-22-21(14)20/h1-13H. The SMILES string of the molecule is c1cnc2c(c1)ccc1c3ccccc3c3ccccc3c12. The summed E-state index contributed by atoms with van der Waals surface area (Å²) in [5.41, 5.74) is 1.09. The fraction of sp³-hybridized carbons (Fsp3) is 0. The van der Waals surface area contributed by atoms with Crippen LogP contribution in [-0.2, 0) is 0 Å². The average Bonchev–Trinajstić information content (AvgIpc) is 2.61. The number of nitrogens with zero attached hydrogens (tertiary/aromatic N) is 1. The molecule has 0 aliphatic carbocycles. The second kappa shape index (κ2) is 4.28. The Labute approximate surface area is 127 Å². The molecule has 1 heteroatoms. The first-order valence-corrected chi connectivity index (χ1v) is 7.50. The van der Waals surface area contributed by atoms with Crippen molar-refractivity contribution in [1.82, 2.24) is 4.98 Å². The van der Waals surface area contributed by atoms with Crippen LogP contribution >= 0.6 is 0 Å². The predicted octanol–water partition coefficient (Wildman–Crippen LogP) is 5.69. The van der Waals surface area contributed by atoms with E-state index in [9.17, 15) is 0 Å². The second-order valence-corrected chi connectivity index (χ2v) is 5.65. The number of rotatable bonds is 0. The third-order valence-corrected chi connectivity index (χ3v) is 4.48. The molecule has 0 atom stereocenters. The maximum atomic E-state index is 4.67. The normalized spacial score (nSPS) is 11.6. The minimum atomic E-state index is 1.09. The zero-order valence-corrected chi connectivity index (χ0v) is 12.0. The van der Waals surface area contributed by atoms with Crippen molar-refractivity contribution in [1.29, 1.82) is 0 Å². The minimum absolute atomic E-state index is 1.09. The molecule has 0 N–H and O–H groups in total. The van der Waals surface area contributed by atoms with Crippen molar-refractivity contribution in [2.75, 3.05) is 0 Å². The molecule has 5 aromatic rings. The summed E-state index contributed by atoms with van der Waals surface area (Å²) in [6, 6.07) is 25.8. The zero-order chi connectivity index (χ0) is 14.5. The lowest BCUT2D eigenvalue weighted by atomic mass is 9.93. The van der Waals surface area contributed by atoms with E-state index in [1.165, 1.54) is 37.7 Å². The predicted molar refractivity (Wildman–Crippen MR) is 94.3 cm³/mol. The van der Waals surface area contributed by atoms with Gasteiger partial charge in [0.2, 0.25) is 0 Å². The lowest BCUT2D eigenvalue weighted by Crippen LogP contribution is -1.86. The van der Waals surface area contributed by atoms with Gasteiger partial charge in [-0.15, -0.1) is 0 Å². The summed E-state index contributed by atoms with van der Waals surface area (Å²) in [5.74, 6) is 0. The van der Waals surface area contributed by atoms with Crippen molar-refractivity contribution in [3.63, 3.8) is 0 Å². The molecule has 0 radical (unpaired) electrons. The van der Waals surface area contributed by atoms with Gasteiger partial charge in [0, 0.05) is 17.0 Å². The molecule has 0 unspecified atom stereocenters. The van der Waals surface area contributed by atoms with Gasteiger partial charge in [0.15, 0.2) is 0 Å². The molecule has 1 aromatic heterocycles. The summed E-state index contributed by atoms with van der Waals surface area (Å²) in [7, 11) is 0. The van der Waals surface area contributed by atoms with Gasteiger partial charge >= 0.3 is 0 Å². The smallest absolute Gasteiger partial charge is 0.0786 e. The first-order chi connectivity index (χ1) is 10.9. The number of aromatic nitrogens is 1. The van der Waals surface area contributed by atoms with Gasteiger partial charge in [-0.2, -0.15) is 0 Å². The lowest BCUT2D eigenvalue weighted by molar-refractivity contribution is 1.43. The third kappa shape index (κ3) is 1.45. The molecular weight excluding hydrogens is 266 g/mol. The summed E-state index contributed by atoms with van der Waals surface area (Å²) in [6.07, 6.45) is 1.88. The van der Waals surface area contributed by atoms with Gasteiger partial charge in [-0.3, -0.25) is 4.98 Å². The zero-order valence-electron chi connectivity index (χ0n) is 12.0. The van der Waals surface area contributed by atoms with E-state index in [4.69, 9.17) is 0 Å². The van der Waals surface area contributed by atoms with Crippen LogP contribution < -0.4 is 0 Å². The van der Waals surface area contributed by atoms with E-state index >= 15 is 0 Å². The molecule has 0 amide bonds. The van der Waals surface area contributed by atoms with Gasteiger partial charge in [0.1, 0.15) is 0 Å². The van der Waals surface area contributed by atoms with Crippen LogP contribution in [0.25, 0.3) is 43.2 Å². The Morgan fingerprint density at radius 3 is 1.82 bits per heavy atom. The summed E-state index contributed by atoms with van der Waals surface area (Å²) in [4.78, 5) is 4.67. The minimum Gasteiger partial charge on any atom is -0.256 e. The second-order valence-electron chi connectivity index (χ2n) is 5.65. The average molecular weight is 279 g/mol. The summed E-state index contributed by atoms with van der Waals surface area (Å²) < 4.78 is 0. The molecule has 1 nitrogen and oxygen atoms in total. The molecule has 0 bridgehead atoms. The molecule has 0 saturated carbocycles. The van der Waals surface area contributed by atoms with Gasteiger partial charge in [0.25, 0.3) is 0 Å². The number of hydrogen-bond acceptors (Lipinski definition) is 1. The Bertz CT molecular complexity index is 1130. The lowest BCUT2D eigenvalue weighted by Gasteiger charge is -2.11. The van der Waals surface area contributed by atoms with Gasteiger partial charge < -0.3 is 0 Å². The first-order valence-electron chi connectivity index (χ1n) is 7.50. The molecule has 0 aliphatic heterocycles. The van der Waals surface area contributed by atoms with E-state index in [0.717, 1.165) is 5.52 Å². The van der Waals surface area contributed by atoms with Gasteiger partial charge in [-0.05, 0) is 33.0 Å². The van der Waals surface area contributed by atoms with E-state index < -0.39 is 0 Å². The van der Waals surface area contributed by atoms with Crippen molar-refractivity contribution >= 4 is 43.2 Å². The van der Waals surface area contributed by atoms with Crippen LogP contribution in [0.5, 0.6) is 0 Å². The highest BCUT2D eigenvalue weighted by atomic mass is 14.6. The number of fused-ring (bicyclic) bond motifs is 8. The van der Waals surface area contributed by atoms with Crippen LogP contribution in [0.1, 0.15) is 0 Å². The number of benzene rings is 4. The first kappa shape index (κ1) is 11.7. The molecule has 0 fully saturated rings. The highest BCUT2D eigenvalue weighted by molar-refractivity contribution is 6.30. The molecule has 1 heterocycles. The fourth-order valence-electron chi connectivity index (χ4n) is 3.53. The molecule has 22 heavy (non-hydrogen) atoms. The quantitative estimate of drug-likeness (QED) is 0.332. The van der Waals surface area contributed by atoms with Gasteiger partial charge in [0.05, 0.1) is 5.52 Å². The van der Waals surface area contributed by atoms with Gasteiger partial charge in [-0.1, -0.05) is 66.7 Å². The molecule has 4 aromatic carbocycles. The highest BCUT2D eigenvalue weighted by Crippen LogP contribution is 2.37. The molecule has 0 spiro atoms. The Kier molecular flexibility index (Phi) is 2.28. The number of hydrogen-bond donors (Lipinski definition) is 0. The topological polar surface area (TPSA) is 12.9 Å².